The summed E-state index contributed by atoms with van der Waals surface area (Å²) < 4.78 is 7.73. The molecule has 1 fully saturated rings. The largest absolute Gasteiger partial charge is 0.489 e. The molecule has 9 heteroatoms. The number of rotatable bonds is 5. The number of nitrogens with two attached hydrogens (primary N) is 1. The molecule has 33 heavy (non-hydrogen) atoms. The predicted molar refractivity (Wildman–Crippen MR) is 126 cm³/mol. The van der Waals surface area contributed by atoms with Crippen LogP contribution in [0.3, 0.4) is 0 Å². The van der Waals surface area contributed by atoms with Crippen LogP contribution in [0.25, 0.3) is 33.2 Å². The van der Waals surface area contributed by atoms with Crippen LogP contribution in [0.5, 0.6) is 5.75 Å². The quantitative estimate of drug-likeness (QED) is 0.466. The van der Waals surface area contributed by atoms with E-state index in [9.17, 15) is 10.1 Å². The van der Waals surface area contributed by atoms with E-state index in [-0.39, 0.29) is 18.2 Å². The predicted octanol–water partition coefficient (Wildman–Crippen LogP) is 3.82. The molecule has 166 valence electrons. The molecule has 2 aromatic heterocycles. The maximum atomic E-state index is 12.2. The van der Waals surface area contributed by atoms with Gasteiger partial charge in [-0.3, -0.25) is 9.48 Å². The smallest absolute Gasteiger partial charge is 0.272 e. The average molecular weight is 461 g/mol. The number of fused-ring (bicyclic) bond motifs is 1. The van der Waals surface area contributed by atoms with Gasteiger partial charge in [0.2, 0.25) is 0 Å². The van der Waals surface area contributed by atoms with Crippen LogP contribution in [0.1, 0.15) is 29.7 Å². The molecule has 8 nitrogen and oxygen atoms in total. The van der Waals surface area contributed by atoms with E-state index in [2.05, 4.69) is 21.4 Å². The number of nitrogens with one attached hydrogen (secondary N) is 1. The van der Waals surface area contributed by atoms with Crippen LogP contribution in [-0.4, -0.2) is 26.1 Å². The second-order valence-corrected chi connectivity index (χ2v) is 8.56. The molecule has 0 aliphatic heterocycles. The number of benzene rings is 2. The summed E-state index contributed by atoms with van der Waals surface area (Å²) >= 11 is 6.58. The summed E-state index contributed by atoms with van der Waals surface area (Å²) in [5.41, 5.74) is 10.4. The molecule has 0 unspecified atom stereocenters. The fraction of sp³-hybridized carbons (Fsp3) is 0.250. The van der Waals surface area contributed by atoms with Gasteiger partial charge in [-0.05, 0) is 43.0 Å². The van der Waals surface area contributed by atoms with Gasteiger partial charge < -0.3 is 10.5 Å². The Morgan fingerprint density at radius 1 is 1.33 bits per heavy atom. The third kappa shape index (κ3) is 3.55. The third-order valence-electron chi connectivity index (χ3n) is 5.96. The molecule has 2 heterocycles. The SMILES string of the molecule is Cc1c(Cl)cc(OC2CC2)c(C#N)c1-c1c(-c2ccc3c(=O)[nH]nc(CN)c3c2)cnn1C. The van der Waals surface area contributed by atoms with Crippen molar-refractivity contribution in [2.45, 2.75) is 32.4 Å². The van der Waals surface area contributed by atoms with Crippen LogP contribution in [0.2, 0.25) is 5.02 Å². The Kier molecular flexibility index (Phi) is 5.16. The number of H-pyrrole nitrogens is 1. The molecular weight excluding hydrogens is 440 g/mol. The Hall–Kier alpha value is -3.67. The standard InChI is InChI=1S/C24H21ClN6O2/c1-12-19(25)8-21(33-14-4-5-14)17(9-26)22(12)23-18(11-28-31(23)2)13-3-6-15-16(7-13)20(10-27)29-30-24(15)32/h3,6-8,11,14H,4-5,10,27H2,1-2H3,(H,30,32). The molecule has 0 amide bonds. The number of aromatic amines is 1. The van der Waals surface area contributed by atoms with Crippen molar-refractivity contribution in [1.29, 1.82) is 5.26 Å². The van der Waals surface area contributed by atoms with Gasteiger partial charge in [0.25, 0.3) is 5.56 Å². The average Bonchev–Trinajstić information content (AvgIpc) is 3.55. The highest BCUT2D eigenvalue weighted by Crippen LogP contribution is 2.43. The number of ether oxygens (including phenoxy) is 1. The summed E-state index contributed by atoms with van der Waals surface area (Å²) in [6, 6.07) is 9.52. The molecule has 0 spiro atoms. The van der Waals surface area contributed by atoms with Crippen LogP contribution in [0, 0.1) is 18.3 Å². The first kappa shape index (κ1) is 21.2. The lowest BCUT2D eigenvalue weighted by atomic mass is 9.93. The topological polar surface area (TPSA) is 123 Å². The Morgan fingerprint density at radius 2 is 2.12 bits per heavy atom. The van der Waals surface area contributed by atoms with E-state index < -0.39 is 0 Å². The minimum absolute atomic E-state index is 0.121. The normalized spacial score (nSPS) is 13.3. The second kappa shape index (κ2) is 8.03. The maximum Gasteiger partial charge on any atom is 0.272 e. The van der Waals surface area contributed by atoms with Gasteiger partial charge in [-0.2, -0.15) is 15.5 Å². The molecule has 0 saturated heterocycles. The highest BCUT2D eigenvalue weighted by molar-refractivity contribution is 6.32. The lowest BCUT2D eigenvalue weighted by molar-refractivity contribution is 0.302. The number of aromatic nitrogens is 4. The molecular formula is C24H21ClN6O2. The third-order valence-corrected chi connectivity index (χ3v) is 6.36. The van der Waals surface area contributed by atoms with E-state index in [1.165, 1.54) is 0 Å². The fourth-order valence-corrected chi connectivity index (χ4v) is 4.27. The molecule has 5 rings (SSSR count). The Morgan fingerprint density at radius 3 is 2.82 bits per heavy atom. The van der Waals surface area contributed by atoms with E-state index in [0.717, 1.165) is 35.2 Å². The van der Waals surface area contributed by atoms with Crippen molar-refractivity contribution in [1.82, 2.24) is 20.0 Å². The lowest BCUT2D eigenvalue weighted by Gasteiger charge is -2.17. The van der Waals surface area contributed by atoms with Crippen molar-refractivity contribution in [2.24, 2.45) is 12.8 Å². The van der Waals surface area contributed by atoms with Crippen LogP contribution in [0.15, 0.2) is 35.3 Å². The Balaban J connectivity index is 1.76. The minimum Gasteiger partial charge on any atom is -0.489 e. The van der Waals surface area contributed by atoms with Crippen molar-refractivity contribution >= 4 is 22.4 Å². The highest BCUT2D eigenvalue weighted by Gasteiger charge is 2.28. The maximum absolute atomic E-state index is 12.2. The van der Waals surface area contributed by atoms with Crippen molar-refractivity contribution in [3.8, 4) is 34.2 Å². The molecule has 4 aromatic rings. The van der Waals surface area contributed by atoms with Gasteiger partial charge in [0.05, 0.1) is 29.1 Å². The van der Waals surface area contributed by atoms with Crippen molar-refractivity contribution in [3.63, 3.8) is 0 Å². The van der Waals surface area contributed by atoms with Crippen LogP contribution < -0.4 is 16.0 Å². The van der Waals surface area contributed by atoms with Gasteiger partial charge in [0.1, 0.15) is 17.4 Å². The van der Waals surface area contributed by atoms with Gasteiger partial charge in [0, 0.05) is 41.2 Å². The van der Waals surface area contributed by atoms with Crippen LogP contribution in [0.4, 0.5) is 0 Å². The van der Waals surface area contributed by atoms with Gasteiger partial charge in [-0.25, -0.2) is 5.10 Å². The van der Waals surface area contributed by atoms with Gasteiger partial charge in [-0.1, -0.05) is 17.7 Å². The number of halogens is 1. The monoisotopic (exact) mass is 460 g/mol. The summed E-state index contributed by atoms with van der Waals surface area (Å²) in [4.78, 5) is 12.2. The minimum atomic E-state index is -0.278. The molecule has 1 saturated carbocycles. The van der Waals surface area contributed by atoms with Crippen molar-refractivity contribution in [2.75, 3.05) is 0 Å². The number of aryl methyl sites for hydroxylation is 1. The molecule has 0 bridgehead atoms. The number of nitriles is 1. The van der Waals surface area contributed by atoms with Crippen LogP contribution >= 0.6 is 11.6 Å². The Labute approximate surface area is 194 Å². The zero-order valence-electron chi connectivity index (χ0n) is 18.1. The first-order valence-electron chi connectivity index (χ1n) is 10.6. The summed E-state index contributed by atoms with van der Waals surface area (Å²) in [5, 5.41) is 22.8. The van der Waals surface area contributed by atoms with E-state index in [1.54, 1.807) is 23.0 Å². The molecule has 3 N–H and O–H groups in total. The lowest BCUT2D eigenvalue weighted by Crippen LogP contribution is -2.13. The molecule has 1 aliphatic carbocycles. The first-order valence-corrected chi connectivity index (χ1v) is 10.9. The van der Waals surface area contributed by atoms with E-state index in [0.29, 0.717) is 38.4 Å². The highest BCUT2D eigenvalue weighted by atomic mass is 35.5. The van der Waals surface area contributed by atoms with Crippen molar-refractivity contribution < 1.29 is 4.74 Å². The fourth-order valence-electron chi connectivity index (χ4n) is 4.08. The first-order chi connectivity index (χ1) is 15.9. The van der Waals surface area contributed by atoms with Gasteiger partial charge >= 0.3 is 0 Å². The van der Waals surface area contributed by atoms with Gasteiger partial charge in [-0.15, -0.1) is 0 Å². The molecule has 2 aromatic carbocycles. The molecule has 0 radical (unpaired) electrons. The summed E-state index contributed by atoms with van der Waals surface area (Å²) in [7, 11) is 1.82. The van der Waals surface area contributed by atoms with Crippen LogP contribution in [-0.2, 0) is 13.6 Å². The van der Waals surface area contributed by atoms with Crippen molar-refractivity contribution in [3.05, 3.63) is 62.7 Å². The van der Waals surface area contributed by atoms with E-state index in [4.69, 9.17) is 22.1 Å². The van der Waals surface area contributed by atoms with E-state index >= 15 is 0 Å². The summed E-state index contributed by atoms with van der Waals surface area (Å²) in [6.45, 7) is 2.07. The number of hydrogen-bond acceptors (Lipinski definition) is 6. The zero-order valence-corrected chi connectivity index (χ0v) is 18.9. The molecule has 0 atom stereocenters. The molecule has 1 aliphatic rings. The second-order valence-electron chi connectivity index (χ2n) is 8.15. The Bertz CT molecular complexity index is 1510. The summed E-state index contributed by atoms with van der Waals surface area (Å²) in [6.07, 6.45) is 3.80. The van der Waals surface area contributed by atoms with Gasteiger partial charge in [0.15, 0.2) is 0 Å². The zero-order chi connectivity index (χ0) is 23.3. The number of hydrogen-bond donors (Lipinski definition) is 2. The summed E-state index contributed by atoms with van der Waals surface area (Å²) in [5.74, 6) is 0.484. The van der Waals surface area contributed by atoms with E-state index in [1.807, 2.05) is 26.1 Å². The number of nitrogens with zero attached hydrogens (tertiary/aromatic N) is 4.